The molecule has 5 rings (SSSR count). The van der Waals surface area contributed by atoms with Crippen molar-refractivity contribution >= 4 is 56.9 Å². The minimum atomic E-state index is -1.36. The van der Waals surface area contributed by atoms with E-state index < -0.39 is 72.0 Å². The first-order valence-corrected chi connectivity index (χ1v) is 16.9. The van der Waals surface area contributed by atoms with Crippen LogP contribution < -0.4 is 10.2 Å². The molecule has 3 heterocycles. The van der Waals surface area contributed by atoms with Crippen LogP contribution in [0.4, 0.5) is 5.69 Å². The highest BCUT2D eigenvalue weighted by molar-refractivity contribution is 9.09. The SMILES string of the molecule is C=CCCC(=O)OC[C@@H](NC(=O)[C@@H]1[C@H]2O[C@@]3(CC2Br)[C@H](C(=O)N(CC=C)c2ccccc2Cl)N([C@H](C)CO)C(=O)[C@@H]13)c1ccccc1. The summed E-state index contributed by atoms with van der Waals surface area (Å²) in [6, 6.07) is 13.4. The van der Waals surface area contributed by atoms with Crippen LogP contribution in [0, 0.1) is 11.8 Å². The van der Waals surface area contributed by atoms with Crippen LogP contribution >= 0.6 is 27.5 Å². The summed E-state index contributed by atoms with van der Waals surface area (Å²) in [5.74, 6) is -3.77. The molecule has 3 fully saturated rings. The molecule has 10 nitrogen and oxygen atoms in total. The molecule has 3 aliphatic heterocycles. The fourth-order valence-corrected chi connectivity index (χ4v) is 8.29. The minimum Gasteiger partial charge on any atom is -0.463 e. The second-order valence-corrected chi connectivity index (χ2v) is 13.7. The van der Waals surface area contributed by atoms with E-state index in [1.807, 2.05) is 30.3 Å². The van der Waals surface area contributed by atoms with Gasteiger partial charge in [0.2, 0.25) is 11.8 Å². The van der Waals surface area contributed by atoms with Crippen LogP contribution in [-0.4, -0.2) is 82.1 Å². The number of halogens is 2. The molecule has 2 aromatic carbocycles. The van der Waals surface area contributed by atoms with Gasteiger partial charge in [0.15, 0.2) is 0 Å². The highest BCUT2D eigenvalue weighted by Gasteiger charge is 2.77. The number of hydrogen-bond donors (Lipinski definition) is 2. The molecule has 47 heavy (non-hydrogen) atoms. The van der Waals surface area contributed by atoms with E-state index in [0.717, 1.165) is 0 Å². The number of para-hydroxylation sites is 1. The van der Waals surface area contributed by atoms with Crippen molar-refractivity contribution in [3.63, 3.8) is 0 Å². The molecule has 12 heteroatoms. The Morgan fingerprint density at radius 1 is 1.19 bits per heavy atom. The summed E-state index contributed by atoms with van der Waals surface area (Å²) in [5.41, 5.74) is -0.209. The van der Waals surface area contributed by atoms with E-state index in [1.165, 1.54) is 9.80 Å². The maximum atomic E-state index is 14.7. The first-order valence-electron chi connectivity index (χ1n) is 15.6. The van der Waals surface area contributed by atoms with Crippen LogP contribution in [0.15, 0.2) is 79.9 Å². The third kappa shape index (κ3) is 6.50. The number of aliphatic hydroxyl groups excluding tert-OH is 1. The third-order valence-electron chi connectivity index (χ3n) is 9.21. The van der Waals surface area contributed by atoms with Crippen LogP contribution in [0.5, 0.6) is 0 Å². The number of fused-ring (bicyclic) bond motifs is 1. The van der Waals surface area contributed by atoms with E-state index in [9.17, 15) is 24.3 Å². The normalized spacial score (nSPS) is 27.1. The number of nitrogens with one attached hydrogen (secondary N) is 1. The summed E-state index contributed by atoms with van der Waals surface area (Å²) in [4.78, 5) is 58.2. The number of allylic oxidation sites excluding steroid dienone is 1. The largest absolute Gasteiger partial charge is 0.463 e. The molecule has 0 radical (unpaired) electrons. The lowest BCUT2D eigenvalue weighted by atomic mass is 9.70. The van der Waals surface area contributed by atoms with Gasteiger partial charge in [-0.05, 0) is 37.5 Å². The number of alkyl halides is 1. The third-order valence-corrected chi connectivity index (χ3v) is 10.4. The Kier molecular flexibility index (Phi) is 10.9. The number of carbonyl (C=O) groups excluding carboxylic acids is 4. The second kappa shape index (κ2) is 14.7. The average Bonchev–Trinajstić information content (AvgIpc) is 3.67. The molecule has 0 saturated carbocycles. The van der Waals surface area contributed by atoms with Crippen molar-refractivity contribution in [2.75, 3.05) is 24.7 Å². The van der Waals surface area contributed by atoms with E-state index in [0.29, 0.717) is 22.7 Å². The van der Waals surface area contributed by atoms with E-state index in [4.69, 9.17) is 21.1 Å². The molecule has 8 atom stereocenters. The summed E-state index contributed by atoms with van der Waals surface area (Å²) < 4.78 is 12.1. The fourth-order valence-electron chi connectivity index (χ4n) is 7.11. The Balaban J connectivity index is 1.50. The van der Waals surface area contributed by atoms with Crippen molar-refractivity contribution in [1.29, 1.82) is 0 Å². The van der Waals surface area contributed by atoms with Gasteiger partial charge < -0.3 is 29.7 Å². The van der Waals surface area contributed by atoms with Crippen LogP contribution in [0.25, 0.3) is 0 Å². The van der Waals surface area contributed by atoms with Crippen molar-refractivity contribution in [3.8, 4) is 0 Å². The van der Waals surface area contributed by atoms with Gasteiger partial charge in [-0.3, -0.25) is 19.2 Å². The number of nitrogens with zero attached hydrogens (tertiary/aromatic N) is 2. The van der Waals surface area contributed by atoms with E-state index in [2.05, 4.69) is 34.4 Å². The molecule has 0 aromatic heterocycles. The maximum Gasteiger partial charge on any atom is 0.306 e. The van der Waals surface area contributed by atoms with E-state index >= 15 is 0 Å². The molecule has 2 aromatic rings. The van der Waals surface area contributed by atoms with Gasteiger partial charge in [0.05, 0.1) is 47.3 Å². The van der Waals surface area contributed by atoms with Gasteiger partial charge in [-0.2, -0.15) is 0 Å². The topological polar surface area (TPSA) is 125 Å². The number of hydrogen-bond acceptors (Lipinski definition) is 7. The number of ether oxygens (including phenoxy) is 2. The van der Waals surface area contributed by atoms with Crippen LogP contribution in [0.1, 0.15) is 37.8 Å². The van der Waals surface area contributed by atoms with Gasteiger partial charge >= 0.3 is 5.97 Å². The lowest BCUT2D eigenvalue weighted by Gasteiger charge is -2.38. The molecule has 1 spiro atoms. The number of likely N-dealkylation sites (tertiary alicyclic amines) is 1. The number of anilines is 1. The highest BCUT2D eigenvalue weighted by Crippen LogP contribution is 2.60. The summed E-state index contributed by atoms with van der Waals surface area (Å²) in [7, 11) is 0. The average molecular weight is 729 g/mol. The van der Waals surface area contributed by atoms with Gasteiger partial charge in [0.25, 0.3) is 5.91 Å². The first-order chi connectivity index (χ1) is 22.6. The van der Waals surface area contributed by atoms with Gasteiger partial charge in [-0.15, -0.1) is 13.2 Å². The molecule has 2 N–H and O–H groups in total. The predicted molar refractivity (Wildman–Crippen MR) is 181 cm³/mol. The Labute approximate surface area is 287 Å². The lowest BCUT2D eigenvalue weighted by molar-refractivity contribution is -0.146. The molecule has 3 saturated heterocycles. The number of aliphatic hydroxyl groups is 1. The molecule has 1 unspecified atom stereocenters. The van der Waals surface area contributed by atoms with Gasteiger partial charge in [0, 0.05) is 17.8 Å². The van der Waals surface area contributed by atoms with Gasteiger partial charge in [-0.1, -0.05) is 82.1 Å². The van der Waals surface area contributed by atoms with Crippen molar-refractivity contribution in [2.24, 2.45) is 11.8 Å². The molecular formula is C35H39BrClN3O7. The Morgan fingerprint density at radius 3 is 2.55 bits per heavy atom. The molecule has 2 bridgehead atoms. The molecular weight excluding hydrogens is 690 g/mol. The number of rotatable bonds is 14. The van der Waals surface area contributed by atoms with Crippen molar-refractivity contribution in [3.05, 3.63) is 90.5 Å². The summed E-state index contributed by atoms with van der Waals surface area (Å²) in [6.45, 7) is 8.68. The van der Waals surface area contributed by atoms with Crippen molar-refractivity contribution in [1.82, 2.24) is 10.2 Å². The number of benzene rings is 2. The number of esters is 1. The predicted octanol–water partition coefficient (Wildman–Crippen LogP) is 4.35. The second-order valence-electron chi connectivity index (χ2n) is 12.1. The lowest BCUT2D eigenvalue weighted by Crippen LogP contribution is -2.59. The summed E-state index contributed by atoms with van der Waals surface area (Å²) in [6.07, 6.45) is 3.39. The Bertz CT molecular complexity index is 1530. The Hall–Kier alpha value is -3.51. The molecule has 3 amide bonds. The monoisotopic (exact) mass is 727 g/mol. The van der Waals surface area contributed by atoms with E-state index in [-0.39, 0.29) is 30.8 Å². The molecule has 0 aliphatic carbocycles. The highest BCUT2D eigenvalue weighted by atomic mass is 79.9. The van der Waals surface area contributed by atoms with Gasteiger partial charge in [-0.25, -0.2) is 0 Å². The Morgan fingerprint density at radius 2 is 1.89 bits per heavy atom. The maximum absolute atomic E-state index is 14.7. The number of amides is 3. The quantitative estimate of drug-likeness (QED) is 0.168. The zero-order valence-electron chi connectivity index (χ0n) is 26.1. The first kappa shape index (κ1) is 34.8. The number of carbonyl (C=O) groups is 4. The molecule has 3 aliphatic rings. The van der Waals surface area contributed by atoms with Crippen molar-refractivity contribution in [2.45, 2.75) is 60.8 Å². The minimum absolute atomic E-state index is 0.102. The van der Waals surface area contributed by atoms with Crippen LogP contribution in [-0.2, 0) is 28.7 Å². The summed E-state index contributed by atoms with van der Waals surface area (Å²) in [5, 5.41) is 13.6. The van der Waals surface area contributed by atoms with Crippen molar-refractivity contribution < 1.29 is 33.8 Å². The van der Waals surface area contributed by atoms with Crippen LogP contribution in [0.3, 0.4) is 0 Å². The molecule has 250 valence electrons. The van der Waals surface area contributed by atoms with Crippen LogP contribution in [0.2, 0.25) is 5.02 Å². The fraction of sp³-hybridized carbons (Fsp3) is 0.429. The zero-order valence-corrected chi connectivity index (χ0v) is 28.4. The summed E-state index contributed by atoms with van der Waals surface area (Å²) >= 11 is 10.2. The van der Waals surface area contributed by atoms with Gasteiger partial charge in [0.1, 0.15) is 18.2 Å². The standard InChI is InChI=1S/C35H39BrClN3O7/c1-4-6-16-27(42)46-20-25(22-12-8-7-9-13-22)38-32(43)28-29-33(44)40(21(3)19-41)31(35(29)18-23(36)30(28)47-35)34(45)39(17-5-2)26-15-11-10-14-24(26)37/h4-5,7-15,21,23,25,28-31,41H,1-2,6,16-20H2,3H3,(H,38,43)/t21-,23?,25-,28+,29-,30+,31+,35-/m1/s1. The van der Waals surface area contributed by atoms with E-state index in [1.54, 1.807) is 43.3 Å². The zero-order chi connectivity index (χ0) is 33.9. The smallest absolute Gasteiger partial charge is 0.306 e.